The maximum atomic E-state index is 6.06. The first-order chi connectivity index (χ1) is 8.75. The van der Waals surface area contributed by atoms with E-state index in [2.05, 4.69) is 4.98 Å². The summed E-state index contributed by atoms with van der Waals surface area (Å²) in [6, 6.07) is 15.6. The van der Waals surface area contributed by atoms with E-state index < -0.39 is 0 Å². The van der Waals surface area contributed by atoms with Gasteiger partial charge in [-0.1, -0.05) is 42.0 Å². The van der Waals surface area contributed by atoms with E-state index in [4.69, 9.17) is 23.8 Å². The van der Waals surface area contributed by atoms with Crippen molar-refractivity contribution in [3.8, 4) is 5.69 Å². The molecule has 0 aliphatic heterocycles. The molecule has 0 saturated heterocycles. The molecule has 1 aromatic heterocycles. The van der Waals surface area contributed by atoms with E-state index in [0.29, 0.717) is 9.66 Å². The van der Waals surface area contributed by atoms with Gasteiger partial charge in [-0.15, -0.1) is 0 Å². The van der Waals surface area contributed by atoms with Crippen LogP contribution in [0.15, 0.2) is 54.9 Å². The van der Waals surface area contributed by atoms with Gasteiger partial charge in [-0.2, -0.15) is 0 Å². The summed E-state index contributed by atoms with van der Waals surface area (Å²) >= 11 is 11.3. The molecule has 1 heterocycles. The van der Waals surface area contributed by atoms with Crippen molar-refractivity contribution < 1.29 is 0 Å². The second-order valence-corrected chi connectivity index (χ2v) is 4.74. The number of para-hydroxylation sites is 1. The maximum absolute atomic E-state index is 6.06. The SMILES string of the molecule is S=c1ncn(-c2ccccc2)c2cc(Cl)ccc12. The van der Waals surface area contributed by atoms with Crippen LogP contribution in [0, 0.1) is 4.64 Å². The molecular formula is C14H9ClN2S. The Labute approximate surface area is 114 Å². The van der Waals surface area contributed by atoms with Crippen LogP contribution in [0.4, 0.5) is 0 Å². The number of nitrogens with zero attached hydrogens (tertiary/aromatic N) is 2. The van der Waals surface area contributed by atoms with Crippen LogP contribution in [0.3, 0.4) is 0 Å². The summed E-state index contributed by atoms with van der Waals surface area (Å²) in [7, 11) is 0. The first-order valence-corrected chi connectivity index (χ1v) is 6.27. The summed E-state index contributed by atoms with van der Waals surface area (Å²) in [5.74, 6) is 0. The van der Waals surface area contributed by atoms with Crippen LogP contribution in [-0.4, -0.2) is 9.55 Å². The smallest absolute Gasteiger partial charge is 0.137 e. The molecule has 0 aliphatic carbocycles. The lowest BCUT2D eigenvalue weighted by atomic mass is 10.2. The molecule has 0 saturated carbocycles. The molecule has 0 bridgehead atoms. The monoisotopic (exact) mass is 272 g/mol. The van der Waals surface area contributed by atoms with Gasteiger partial charge in [-0.3, -0.25) is 0 Å². The van der Waals surface area contributed by atoms with Crippen molar-refractivity contribution in [2.45, 2.75) is 0 Å². The minimum absolute atomic E-state index is 0.592. The number of benzene rings is 2. The van der Waals surface area contributed by atoms with Gasteiger partial charge < -0.3 is 4.57 Å². The Morgan fingerprint density at radius 3 is 2.61 bits per heavy atom. The van der Waals surface area contributed by atoms with Crippen LogP contribution in [0.2, 0.25) is 5.02 Å². The predicted molar refractivity (Wildman–Crippen MR) is 76.9 cm³/mol. The lowest BCUT2D eigenvalue weighted by molar-refractivity contribution is 1.03. The Bertz CT molecular complexity index is 766. The van der Waals surface area contributed by atoms with Gasteiger partial charge in [0.15, 0.2) is 0 Å². The minimum Gasteiger partial charge on any atom is -0.300 e. The highest BCUT2D eigenvalue weighted by atomic mass is 35.5. The average Bonchev–Trinajstić information content (AvgIpc) is 2.40. The Morgan fingerprint density at radius 2 is 1.83 bits per heavy atom. The summed E-state index contributed by atoms with van der Waals surface area (Å²) < 4.78 is 2.57. The van der Waals surface area contributed by atoms with Crippen LogP contribution in [0.25, 0.3) is 16.6 Å². The molecule has 0 amide bonds. The molecule has 2 nitrogen and oxygen atoms in total. The van der Waals surface area contributed by atoms with E-state index in [0.717, 1.165) is 16.6 Å². The number of rotatable bonds is 1. The van der Waals surface area contributed by atoms with Crippen molar-refractivity contribution in [1.82, 2.24) is 9.55 Å². The zero-order valence-corrected chi connectivity index (χ0v) is 10.9. The molecule has 3 rings (SSSR count). The Hall–Kier alpha value is -1.71. The number of fused-ring (bicyclic) bond motifs is 1. The zero-order valence-electron chi connectivity index (χ0n) is 9.38. The number of halogens is 1. The van der Waals surface area contributed by atoms with Crippen LogP contribution in [0.1, 0.15) is 0 Å². The highest BCUT2D eigenvalue weighted by Gasteiger charge is 2.04. The van der Waals surface area contributed by atoms with Crippen molar-refractivity contribution in [3.05, 3.63) is 64.5 Å². The fraction of sp³-hybridized carbons (Fsp3) is 0. The van der Waals surface area contributed by atoms with E-state index in [9.17, 15) is 0 Å². The quantitative estimate of drug-likeness (QED) is 0.611. The van der Waals surface area contributed by atoms with E-state index >= 15 is 0 Å². The van der Waals surface area contributed by atoms with E-state index in [1.807, 2.05) is 53.1 Å². The van der Waals surface area contributed by atoms with Crippen LogP contribution in [-0.2, 0) is 0 Å². The van der Waals surface area contributed by atoms with Crippen molar-refractivity contribution >= 4 is 34.7 Å². The second kappa shape index (κ2) is 4.52. The second-order valence-electron chi connectivity index (χ2n) is 3.92. The van der Waals surface area contributed by atoms with E-state index in [1.54, 1.807) is 6.33 Å². The molecular weight excluding hydrogens is 264 g/mol. The molecule has 0 N–H and O–H groups in total. The van der Waals surface area contributed by atoms with Gasteiger partial charge in [0.1, 0.15) is 11.0 Å². The average molecular weight is 273 g/mol. The molecule has 0 fully saturated rings. The topological polar surface area (TPSA) is 17.8 Å². The van der Waals surface area contributed by atoms with Gasteiger partial charge in [0.05, 0.1) is 5.52 Å². The molecule has 4 heteroatoms. The Morgan fingerprint density at radius 1 is 1.06 bits per heavy atom. The molecule has 88 valence electrons. The summed E-state index contributed by atoms with van der Waals surface area (Å²) in [5, 5.41) is 1.62. The summed E-state index contributed by atoms with van der Waals surface area (Å²) in [6.45, 7) is 0. The van der Waals surface area contributed by atoms with Crippen molar-refractivity contribution in [2.24, 2.45) is 0 Å². The highest BCUT2D eigenvalue weighted by molar-refractivity contribution is 7.71. The number of hydrogen-bond donors (Lipinski definition) is 0. The third kappa shape index (κ3) is 1.92. The van der Waals surface area contributed by atoms with Crippen molar-refractivity contribution in [2.75, 3.05) is 0 Å². The first kappa shape index (κ1) is 11.4. The molecule has 0 atom stereocenters. The lowest BCUT2D eigenvalue weighted by Crippen LogP contribution is -1.98. The zero-order chi connectivity index (χ0) is 12.5. The first-order valence-electron chi connectivity index (χ1n) is 5.48. The molecule has 0 radical (unpaired) electrons. The normalized spacial score (nSPS) is 10.7. The van der Waals surface area contributed by atoms with Crippen molar-refractivity contribution in [1.29, 1.82) is 0 Å². The van der Waals surface area contributed by atoms with Crippen LogP contribution < -0.4 is 0 Å². The van der Waals surface area contributed by atoms with Gasteiger partial charge in [-0.25, -0.2) is 4.98 Å². The number of aromatic nitrogens is 2. The summed E-state index contributed by atoms with van der Waals surface area (Å²) in [4.78, 5) is 4.25. The fourth-order valence-corrected chi connectivity index (χ4v) is 2.31. The van der Waals surface area contributed by atoms with Gasteiger partial charge >= 0.3 is 0 Å². The third-order valence-corrected chi connectivity index (χ3v) is 3.33. The van der Waals surface area contributed by atoms with Gasteiger partial charge in [0.25, 0.3) is 0 Å². The summed E-state index contributed by atoms with van der Waals surface area (Å²) in [5.41, 5.74) is 2.00. The maximum Gasteiger partial charge on any atom is 0.137 e. The fourth-order valence-electron chi connectivity index (χ4n) is 1.92. The number of hydrogen-bond acceptors (Lipinski definition) is 2. The molecule has 3 aromatic rings. The Balaban J connectivity index is 2.41. The van der Waals surface area contributed by atoms with Crippen LogP contribution in [0.5, 0.6) is 0 Å². The largest absolute Gasteiger partial charge is 0.300 e. The molecule has 0 spiro atoms. The van der Waals surface area contributed by atoms with E-state index in [-0.39, 0.29) is 0 Å². The summed E-state index contributed by atoms with van der Waals surface area (Å²) in [6.07, 6.45) is 1.73. The predicted octanol–water partition coefficient (Wildman–Crippen LogP) is 4.41. The lowest BCUT2D eigenvalue weighted by Gasteiger charge is -2.10. The van der Waals surface area contributed by atoms with E-state index in [1.165, 1.54) is 0 Å². The molecule has 0 unspecified atom stereocenters. The molecule has 2 aromatic carbocycles. The standard InChI is InChI=1S/C14H9ClN2S/c15-10-6-7-12-13(8-10)17(9-16-14(12)18)11-4-2-1-3-5-11/h1-9H. The molecule has 0 aliphatic rings. The van der Waals surface area contributed by atoms with Gasteiger partial charge in [0, 0.05) is 16.1 Å². The van der Waals surface area contributed by atoms with Gasteiger partial charge in [-0.05, 0) is 30.3 Å². The third-order valence-electron chi connectivity index (χ3n) is 2.77. The van der Waals surface area contributed by atoms with Gasteiger partial charge in [0.2, 0.25) is 0 Å². The molecule has 18 heavy (non-hydrogen) atoms. The van der Waals surface area contributed by atoms with Crippen molar-refractivity contribution in [3.63, 3.8) is 0 Å². The highest BCUT2D eigenvalue weighted by Crippen LogP contribution is 2.22. The Kier molecular flexibility index (Phi) is 2.86. The van der Waals surface area contributed by atoms with Crippen LogP contribution >= 0.6 is 23.8 Å². The minimum atomic E-state index is 0.592.